The van der Waals surface area contributed by atoms with E-state index < -0.39 is 17.8 Å². The summed E-state index contributed by atoms with van der Waals surface area (Å²) in [4.78, 5) is 16.1. The third-order valence-electron chi connectivity index (χ3n) is 4.69. The van der Waals surface area contributed by atoms with Crippen LogP contribution in [0, 0.1) is 0 Å². The first kappa shape index (κ1) is 18.3. The summed E-state index contributed by atoms with van der Waals surface area (Å²) in [5.41, 5.74) is -0.906. The number of nitrogens with zero attached hydrogens (tertiary/aromatic N) is 2. The maximum Gasteiger partial charge on any atom is 0.416 e. The molecule has 138 valence electrons. The zero-order valence-electron chi connectivity index (χ0n) is 13.4. The average molecular weight is 378 g/mol. The Morgan fingerprint density at radius 1 is 1.24 bits per heavy atom. The highest BCUT2D eigenvalue weighted by Gasteiger charge is 2.34. The Labute approximate surface area is 148 Å². The molecule has 2 aliphatic rings. The van der Waals surface area contributed by atoms with E-state index in [-0.39, 0.29) is 16.8 Å². The van der Waals surface area contributed by atoms with Gasteiger partial charge < -0.3 is 15.3 Å². The van der Waals surface area contributed by atoms with Crippen LogP contribution in [0.1, 0.15) is 18.4 Å². The molecule has 1 aromatic rings. The first-order valence-corrected chi connectivity index (χ1v) is 8.46. The molecule has 3 rings (SSSR count). The molecule has 0 aliphatic carbocycles. The highest BCUT2D eigenvalue weighted by atomic mass is 35.5. The first-order valence-electron chi connectivity index (χ1n) is 8.09. The van der Waals surface area contributed by atoms with Crippen LogP contribution in [0.3, 0.4) is 0 Å². The number of hydrogen-bond donors (Lipinski definition) is 2. The minimum Gasteiger partial charge on any atom is -0.390 e. The first-order chi connectivity index (χ1) is 11.7. The summed E-state index contributed by atoms with van der Waals surface area (Å²) in [5.74, 6) is 0. The molecule has 0 spiro atoms. The van der Waals surface area contributed by atoms with Gasteiger partial charge in [-0.05, 0) is 31.0 Å². The number of β-amino-alcohol motifs (C(OH)–C–C–N with tert-alkyl or cyclic N) is 1. The van der Waals surface area contributed by atoms with Gasteiger partial charge >= 0.3 is 12.2 Å². The molecule has 2 heterocycles. The van der Waals surface area contributed by atoms with Crippen molar-refractivity contribution in [2.24, 2.45) is 0 Å². The lowest BCUT2D eigenvalue weighted by Gasteiger charge is -2.45. The minimum atomic E-state index is -4.50. The lowest BCUT2D eigenvalue weighted by molar-refractivity contribution is -0.137. The molecule has 0 atom stereocenters. The van der Waals surface area contributed by atoms with Gasteiger partial charge in [0, 0.05) is 32.2 Å². The standard InChI is InChI=1S/C16H19ClF3N3O2/c17-13-2-1-10(16(18,19)20)7-14(13)21-15(25)22-5-3-11(4-6-22)23-8-12(24)9-23/h1-2,7,11-12,24H,3-6,8-9H2,(H,21,25). The minimum absolute atomic E-state index is 0.0468. The van der Waals surface area contributed by atoms with E-state index in [1.807, 2.05) is 0 Å². The molecular formula is C16H19ClF3N3O2. The normalized spacial score (nSPS) is 20.4. The number of hydrogen-bond acceptors (Lipinski definition) is 3. The topological polar surface area (TPSA) is 55.8 Å². The highest BCUT2D eigenvalue weighted by Crippen LogP contribution is 2.34. The van der Waals surface area contributed by atoms with Gasteiger partial charge in [0.2, 0.25) is 0 Å². The molecule has 2 fully saturated rings. The van der Waals surface area contributed by atoms with Crippen molar-refractivity contribution in [2.45, 2.75) is 31.2 Å². The Balaban J connectivity index is 1.58. The predicted molar refractivity (Wildman–Crippen MR) is 87.6 cm³/mol. The molecule has 2 N–H and O–H groups in total. The molecule has 2 saturated heterocycles. The van der Waals surface area contributed by atoms with Gasteiger partial charge in [-0.3, -0.25) is 4.90 Å². The fourth-order valence-corrected chi connectivity index (χ4v) is 3.38. The number of likely N-dealkylation sites (tertiary alicyclic amines) is 2. The molecule has 5 nitrogen and oxygen atoms in total. The molecule has 0 radical (unpaired) electrons. The summed E-state index contributed by atoms with van der Waals surface area (Å²) in [6.07, 6.45) is -3.21. The molecular weight excluding hydrogens is 359 g/mol. The van der Waals surface area contributed by atoms with Crippen LogP contribution in [0.2, 0.25) is 5.02 Å². The average Bonchev–Trinajstić information content (AvgIpc) is 2.53. The Morgan fingerprint density at radius 3 is 2.44 bits per heavy atom. The van der Waals surface area contributed by atoms with Gasteiger partial charge in [-0.1, -0.05) is 11.6 Å². The quantitative estimate of drug-likeness (QED) is 0.833. The zero-order chi connectivity index (χ0) is 18.2. The van der Waals surface area contributed by atoms with E-state index in [4.69, 9.17) is 11.6 Å². The summed E-state index contributed by atoms with van der Waals surface area (Å²) >= 11 is 5.90. The second-order valence-corrected chi connectivity index (χ2v) is 6.86. The number of carbonyl (C=O) groups is 1. The molecule has 2 aliphatic heterocycles. The number of carbonyl (C=O) groups excluding carboxylic acids is 1. The maximum atomic E-state index is 12.8. The number of halogens is 4. The van der Waals surface area contributed by atoms with Crippen LogP contribution in [0.4, 0.5) is 23.7 Å². The van der Waals surface area contributed by atoms with E-state index >= 15 is 0 Å². The molecule has 1 aromatic carbocycles. The number of anilines is 1. The van der Waals surface area contributed by atoms with Crippen molar-refractivity contribution in [3.05, 3.63) is 28.8 Å². The van der Waals surface area contributed by atoms with E-state index in [2.05, 4.69) is 10.2 Å². The second-order valence-electron chi connectivity index (χ2n) is 6.45. The van der Waals surface area contributed by atoms with Gasteiger partial charge in [-0.25, -0.2) is 4.79 Å². The van der Waals surface area contributed by atoms with Crippen LogP contribution >= 0.6 is 11.6 Å². The van der Waals surface area contributed by atoms with Crippen molar-refractivity contribution in [1.82, 2.24) is 9.80 Å². The molecule has 0 bridgehead atoms. The third kappa shape index (κ3) is 4.19. The SMILES string of the molecule is O=C(Nc1cc(C(F)(F)F)ccc1Cl)N1CCC(N2CC(O)C2)CC1. The van der Waals surface area contributed by atoms with Crippen molar-refractivity contribution in [3.8, 4) is 0 Å². The highest BCUT2D eigenvalue weighted by molar-refractivity contribution is 6.33. The second kappa shape index (κ2) is 7.01. The summed E-state index contributed by atoms with van der Waals surface area (Å²) in [6, 6.07) is 2.73. The summed E-state index contributed by atoms with van der Waals surface area (Å²) in [5, 5.41) is 11.9. The summed E-state index contributed by atoms with van der Waals surface area (Å²) in [7, 11) is 0. The molecule has 0 saturated carbocycles. The summed E-state index contributed by atoms with van der Waals surface area (Å²) < 4.78 is 38.4. The van der Waals surface area contributed by atoms with Gasteiger partial charge in [0.25, 0.3) is 0 Å². The fourth-order valence-electron chi connectivity index (χ4n) is 3.21. The number of aliphatic hydroxyl groups is 1. The van der Waals surface area contributed by atoms with Gasteiger partial charge in [0.1, 0.15) is 0 Å². The molecule has 0 aromatic heterocycles. The Hall–Kier alpha value is -1.51. The van der Waals surface area contributed by atoms with E-state index in [0.29, 0.717) is 32.2 Å². The van der Waals surface area contributed by atoms with E-state index in [0.717, 1.165) is 31.0 Å². The lowest BCUT2D eigenvalue weighted by Crippen LogP contribution is -2.58. The smallest absolute Gasteiger partial charge is 0.390 e. The number of rotatable bonds is 2. The van der Waals surface area contributed by atoms with Gasteiger partial charge in [0.15, 0.2) is 0 Å². The number of aliphatic hydroxyl groups excluding tert-OH is 1. The van der Waals surface area contributed by atoms with Gasteiger partial charge in [-0.2, -0.15) is 13.2 Å². The number of amides is 2. The van der Waals surface area contributed by atoms with Crippen molar-refractivity contribution >= 4 is 23.3 Å². The number of benzene rings is 1. The van der Waals surface area contributed by atoms with E-state index in [1.165, 1.54) is 0 Å². The van der Waals surface area contributed by atoms with Crippen LogP contribution in [-0.2, 0) is 6.18 Å². The largest absolute Gasteiger partial charge is 0.416 e. The van der Waals surface area contributed by atoms with Crippen LogP contribution in [0.5, 0.6) is 0 Å². The van der Waals surface area contributed by atoms with E-state index in [1.54, 1.807) is 4.90 Å². The van der Waals surface area contributed by atoms with Crippen LogP contribution < -0.4 is 5.32 Å². The molecule has 9 heteroatoms. The van der Waals surface area contributed by atoms with Crippen LogP contribution in [0.15, 0.2) is 18.2 Å². The zero-order valence-corrected chi connectivity index (χ0v) is 14.1. The Bertz CT molecular complexity index is 642. The van der Waals surface area contributed by atoms with Crippen molar-refractivity contribution < 1.29 is 23.1 Å². The van der Waals surface area contributed by atoms with Crippen molar-refractivity contribution in [2.75, 3.05) is 31.5 Å². The molecule has 0 unspecified atom stereocenters. The Morgan fingerprint density at radius 2 is 1.88 bits per heavy atom. The van der Waals surface area contributed by atoms with E-state index in [9.17, 15) is 23.1 Å². The lowest BCUT2D eigenvalue weighted by atomic mass is 9.99. The van der Waals surface area contributed by atoms with Gasteiger partial charge in [0.05, 0.1) is 22.4 Å². The van der Waals surface area contributed by atoms with Crippen LogP contribution in [0.25, 0.3) is 0 Å². The van der Waals surface area contributed by atoms with Gasteiger partial charge in [-0.15, -0.1) is 0 Å². The van der Waals surface area contributed by atoms with Crippen LogP contribution in [-0.4, -0.2) is 59.3 Å². The number of alkyl halides is 3. The third-order valence-corrected chi connectivity index (χ3v) is 5.02. The summed E-state index contributed by atoms with van der Waals surface area (Å²) in [6.45, 7) is 2.35. The van der Waals surface area contributed by atoms with Crippen molar-refractivity contribution in [1.29, 1.82) is 0 Å². The number of piperidine rings is 1. The molecule has 25 heavy (non-hydrogen) atoms. The number of nitrogens with one attached hydrogen (secondary N) is 1. The maximum absolute atomic E-state index is 12.8. The number of urea groups is 1. The van der Waals surface area contributed by atoms with Crippen molar-refractivity contribution in [3.63, 3.8) is 0 Å². The monoisotopic (exact) mass is 377 g/mol. The molecule has 2 amide bonds. The Kier molecular flexibility index (Phi) is 5.13. The predicted octanol–water partition coefficient (Wildman–Crippen LogP) is 3.03. The fraction of sp³-hybridized carbons (Fsp3) is 0.562.